The van der Waals surface area contributed by atoms with Crippen LogP contribution in [0.5, 0.6) is 5.75 Å². The maximum atomic E-state index is 12.3. The lowest BCUT2D eigenvalue weighted by Crippen LogP contribution is -2.47. The number of carbonyl (C=O) groups is 2. The Hall–Kier alpha value is -2.38. The van der Waals surface area contributed by atoms with E-state index in [4.69, 9.17) is 4.74 Å². The summed E-state index contributed by atoms with van der Waals surface area (Å²) >= 11 is 0. The molecule has 132 valence electrons. The number of alkyl halides is 2. The van der Waals surface area contributed by atoms with Crippen LogP contribution in [0.3, 0.4) is 0 Å². The van der Waals surface area contributed by atoms with Crippen molar-refractivity contribution in [1.29, 1.82) is 0 Å². The van der Waals surface area contributed by atoms with Crippen LogP contribution in [0.4, 0.5) is 19.3 Å². The zero-order chi connectivity index (χ0) is 17.5. The molecular formula is C16H21F2N3O3. The van der Waals surface area contributed by atoms with Gasteiger partial charge in [-0.2, -0.15) is 0 Å². The Morgan fingerprint density at radius 2 is 2.21 bits per heavy atom. The SMILES string of the molecule is Cc1ccc(NC(=O)N[C@@H]2CCCCNC2=O)cc1OCC(F)F. The second-order valence-corrected chi connectivity index (χ2v) is 5.62. The number of nitrogens with one attached hydrogen (secondary N) is 3. The van der Waals surface area contributed by atoms with Crippen molar-refractivity contribution in [3.63, 3.8) is 0 Å². The standard InChI is InChI=1S/C16H21F2N3O3/c1-10-5-6-11(8-13(10)24-9-14(17)18)20-16(23)21-12-4-2-3-7-19-15(12)22/h5-6,8,12,14H,2-4,7,9H2,1H3,(H,19,22)(H2,20,21,23)/t12-/m1/s1. The Morgan fingerprint density at radius 1 is 1.42 bits per heavy atom. The first-order valence-corrected chi connectivity index (χ1v) is 7.82. The topological polar surface area (TPSA) is 79.5 Å². The van der Waals surface area contributed by atoms with Crippen LogP contribution in [-0.4, -0.2) is 37.6 Å². The third-order valence-electron chi connectivity index (χ3n) is 3.65. The largest absolute Gasteiger partial charge is 0.487 e. The van der Waals surface area contributed by atoms with E-state index in [1.54, 1.807) is 19.1 Å². The van der Waals surface area contributed by atoms with E-state index >= 15 is 0 Å². The van der Waals surface area contributed by atoms with Gasteiger partial charge in [0.1, 0.15) is 18.4 Å². The van der Waals surface area contributed by atoms with Crippen LogP contribution in [0.2, 0.25) is 0 Å². The highest BCUT2D eigenvalue weighted by molar-refractivity contribution is 5.93. The Bertz CT molecular complexity index is 596. The Balaban J connectivity index is 1.95. The molecule has 0 aromatic heterocycles. The predicted molar refractivity (Wildman–Crippen MR) is 85.5 cm³/mol. The van der Waals surface area contributed by atoms with Crippen molar-refractivity contribution < 1.29 is 23.1 Å². The van der Waals surface area contributed by atoms with E-state index in [0.29, 0.717) is 24.2 Å². The van der Waals surface area contributed by atoms with E-state index in [0.717, 1.165) is 12.8 Å². The third kappa shape index (κ3) is 5.36. The summed E-state index contributed by atoms with van der Waals surface area (Å²) in [6.45, 7) is 1.63. The van der Waals surface area contributed by atoms with Gasteiger partial charge in [-0.05, 0) is 37.8 Å². The number of urea groups is 1. The number of halogens is 2. The second kappa shape index (κ2) is 8.47. The van der Waals surface area contributed by atoms with E-state index in [1.807, 2.05) is 0 Å². The fourth-order valence-corrected chi connectivity index (χ4v) is 2.39. The maximum Gasteiger partial charge on any atom is 0.319 e. The number of hydrogen-bond donors (Lipinski definition) is 3. The second-order valence-electron chi connectivity index (χ2n) is 5.62. The molecule has 2 rings (SSSR count). The molecule has 0 spiro atoms. The van der Waals surface area contributed by atoms with Crippen LogP contribution < -0.4 is 20.7 Å². The molecule has 0 bridgehead atoms. The molecule has 0 radical (unpaired) electrons. The number of anilines is 1. The number of aryl methyl sites for hydroxylation is 1. The van der Waals surface area contributed by atoms with E-state index < -0.39 is 25.1 Å². The Kier molecular flexibility index (Phi) is 6.34. The highest BCUT2D eigenvalue weighted by atomic mass is 19.3. The van der Waals surface area contributed by atoms with Crippen molar-refractivity contribution >= 4 is 17.6 Å². The fourth-order valence-electron chi connectivity index (χ4n) is 2.39. The van der Waals surface area contributed by atoms with Crippen molar-refractivity contribution in [3.8, 4) is 5.75 Å². The van der Waals surface area contributed by atoms with Crippen molar-refractivity contribution in [2.45, 2.75) is 38.7 Å². The van der Waals surface area contributed by atoms with E-state index in [1.165, 1.54) is 6.07 Å². The number of carbonyl (C=O) groups excluding carboxylic acids is 2. The molecule has 1 aromatic rings. The van der Waals surface area contributed by atoms with Crippen LogP contribution in [-0.2, 0) is 4.79 Å². The van der Waals surface area contributed by atoms with Crippen molar-refractivity contribution in [2.75, 3.05) is 18.5 Å². The van der Waals surface area contributed by atoms with Gasteiger partial charge in [0.25, 0.3) is 6.43 Å². The van der Waals surface area contributed by atoms with Gasteiger partial charge in [0, 0.05) is 18.3 Å². The molecule has 3 amide bonds. The summed E-state index contributed by atoms with van der Waals surface area (Å²) in [5.74, 6) is 0.0767. The molecule has 1 fully saturated rings. The van der Waals surface area contributed by atoms with Gasteiger partial charge < -0.3 is 20.7 Å². The number of rotatable bonds is 5. The molecule has 1 heterocycles. The molecule has 0 aliphatic carbocycles. The summed E-state index contributed by atoms with van der Waals surface area (Å²) in [5, 5.41) is 7.94. The lowest BCUT2D eigenvalue weighted by Gasteiger charge is -2.16. The highest BCUT2D eigenvalue weighted by Gasteiger charge is 2.22. The van der Waals surface area contributed by atoms with Crippen LogP contribution in [0.25, 0.3) is 0 Å². The third-order valence-corrected chi connectivity index (χ3v) is 3.65. The van der Waals surface area contributed by atoms with Crippen molar-refractivity contribution in [1.82, 2.24) is 10.6 Å². The average molecular weight is 341 g/mol. The average Bonchev–Trinajstić information content (AvgIpc) is 2.72. The summed E-state index contributed by atoms with van der Waals surface area (Å²) in [4.78, 5) is 23.8. The van der Waals surface area contributed by atoms with Crippen LogP contribution >= 0.6 is 0 Å². The molecule has 1 aliphatic heterocycles. The minimum atomic E-state index is -2.57. The normalized spacial score (nSPS) is 17.8. The fraction of sp³-hybridized carbons (Fsp3) is 0.500. The summed E-state index contributed by atoms with van der Waals surface area (Å²) in [7, 11) is 0. The number of amides is 3. The van der Waals surface area contributed by atoms with Gasteiger partial charge in [-0.15, -0.1) is 0 Å². The molecule has 8 heteroatoms. The van der Waals surface area contributed by atoms with Gasteiger partial charge in [0.15, 0.2) is 0 Å². The van der Waals surface area contributed by atoms with E-state index in [9.17, 15) is 18.4 Å². The Labute approximate surface area is 138 Å². The number of ether oxygens (including phenoxy) is 1. The first-order valence-electron chi connectivity index (χ1n) is 7.82. The molecule has 1 aromatic carbocycles. The van der Waals surface area contributed by atoms with Gasteiger partial charge in [-0.1, -0.05) is 6.07 Å². The molecule has 0 unspecified atom stereocenters. The van der Waals surface area contributed by atoms with Gasteiger partial charge in [0.2, 0.25) is 5.91 Å². The zero-order valence-electron chi connectivity index (χ0n) is 13.4. The van der Waals surface area contributed by atoms with E-state index in [2.05, 4.69) is 16.0 Å². The molecule has 1 aliphatic rings. The molecule has 0 saturated carbocycles. The first-order chi connectivity index (χ1) is 11.5. The first kappa shape index (κ1) is 18.0. The van der Waals surface area contributed by atoms with Gasteiger partial charge in [-0.3, -0.25) is 4.79 Å². The summed E-state index contributed by atoms with van der Waals surface area (Å²) in [5.41, 5.74) is 1.08. The summed E-state index contributed by atoms with van der Waals surface area (Å²) in [6, 6.07) is 3.67. The van der Waals surface area contributed by atoms with Gasteiger partial charge >= 0.3 is 6.03 Å². The van der Waals surface area contributed by atoms with Gasteiger partial charge in [0.05, 0.1) is 0 Å². The summed E-state index contributed by atoms with van der Waals surface area (Å²) in [6.07, 6.45) is -0.262. The highest BCUT2D eigenvalue weighted by Crippen LogP contribution is 2.23. The number of hydrogen-bond acceptors (Lipinski definition) is 3. The molecule has 6 nitrogen and oxygen atoms in total. The minimum absolute atomic E-state index is 0.201. The van der Waals surface area contributed by atoms with Crippen LogP contribution in [0.1, 0.15) is 24.8 Å². The minimum Gasteiger partial charge on any atom is -0.487 e. The predicted octanol–water partition coefficient (Wildman–Crippen LogP) is 2.43. The molecule has 24 heavy (non-hydrogen) atoms. The van der Waals surface area contributed by atoms with Crippen molar-refractivity contribution in [2.24, 2.45) is 0 Å². The lowest BCUT2D eigenvalue weighted by molar-refractivity contribution is -0.122. The van der Waals surface area contributed by atoms with Crippen LogP contribution in [0.15, 0.2) is 18.2 Å². The van der Waals surface area contributed by atoms with Crippen LogP contribution in [0, 0.1) is 6.92 Å². The van der Waals surface area contributed by atoms with Crippen molar-refractivity contribution in [3.05, 3.63) is 23.8 Å². The van der Waals surface area contributed by atoms with E-state index in [-0.39, 0.29) is 11.7 Å². The maximum absolute atomic E-state index is 12.3. The lowest BCUT2D eigenvalue weighted by atomic mass is 10.1. The molecular weight excluding hydrogens is 320 g/mol. The Morgan fingerprint density at radius 3 is 2.96 bits per heavy atom. The number of benzene rings is 1. The monoisotopic (exact) mass is 341 g/mol. The van der Waals surface area contributed by atoms with Gasteiger partial charge in [-0.25, -0.2) is 13.6 Å². The molecule has 1 saturated heterocycles. The quantitative estimate of drug-likeness (QED) is 0.769. The molecule has 3 N–H and O–H groups in total. The summed E-state index contributed by atoms with van der Waals surface area (Å²) < 4.78 is 29.5. The zero-order valence-corrected chi connectivity index (χ0v) is 13.4. The smallest absolute Gasteiger partial charge is 0.319 e. The molecule has 1 atom stereocenters.